The molecule has 0 N–H and O–H groups in total. The quantitative estimate of drug-likeness (QED) is 0.811. The molecule has 0 spiro atoms. The molecule has 0 amide bonds. The molecule has 0 saturated heterocycles. The fourth-order valence-corrected chi connectivity index (χ4v) is 3.30. The van der Waals surface area contributed by atoms with Crippen molar-refractivity contribution >= 4 is 17.1 Å². The number of hydrogen-bond donors (Lipinski definition) is 0. The standard InChI is InChI=1S/C14H13NOS/c1-9-15-8-12(17-9)7-11-6-10-4-2-3-5-13(10)14(11)16/h2-5,8,11H,6-7H2,1H3. The Balaban J connectivity index is 1.82. The maximum absolute atomic E-state index is 12.2. The first kappa shape index (κ1) is 10.7. The number of carbonyl (C=O) groups excluding carboxylic acids is 1. The van der Waals surface area contributed by atoms with Gasteiger partial charge in [-0.1, -0.05) is 24.3 Å². The van der Waals surface area contributed by atoms with Gasteiger partial charge in [0.2, 0.25) is 0 Å². The van der Waals surface area contributed by atoms with Crippen LogP contribution >= 0.6 is 11.3 Å². The molecule has 1 aliphatic carbocycles. The lowest BCUT2D eigenvalue weighted by atomic mass is 10.0. The van der Waals surface area contributed by atoms with E-state index in [1.54, 1.807) is 11.3 Å². The highest BCUT2D eigenvalue weighted by molar-refractivity contribution is 7.11. The first-order valence-electron chi connectivity index (χ1n) is 5.77. The zero-order valence-corrected chi connectivity index (χ0v) is 10.5. The molecule has 17 heavy (non-hydrogen) atoms. The number of thiazole rings is 1. The summed E-state index contributed by atoms with van der Waals surface area (Å²) in [7, 11) is 0. The molecule has 0 bridgehead atoms. The summed E-state index contributed by atoms with van der Waals surface area (Å²) in [5, 5.41) is 1.07. The molecule has 1 heterocycles. The second-order valence-electron chi connectivity index (χ2n) is 4.47. The molecule has 0 saturated carbocycles. The van der Waals surface area contributed by atoms with E-state index in [1.807, 2.05) is 31.3 Å². The van der Waals surface area contributed by atoms with Crippen molar-refractivity contribution in [3.8, 4) is 0 Å². The van der Waals surface area contributed by atoms with Crippen LogP contribution in [0.25, 0.3) is 0 Å². The molecule has 0 radical (unpaired) electrons. The minimum Gasteiger partial charge on any atom is -0.294 e. The van der Waals surface area contributed by atoms with Gasteiger partial charge in [0.15, 0.2) is 5.78 Å². The third-order valence-electron chi connectivity index (χ3n) is 3.24. The number of carbonyl (C=O) groups is 1. The number of nitrogens with zero attached hydrogens (tertiary/aromatic N) is 1. The predicted molar refractivity (Wildman–Crippen MR) is 68.5 cm³/mol. The number of fused-ring (bicyclic) bond motifs is 1. The summed E-state index contributed by atoms with van der Waals surface area (Å²) in [6.45, 7) is 2.00. The number of ketones is 1. The molecule has 3 heteroatoms. The van der Waals surface area contributed by atoms with E-state index in [0.29, 0.717) is 5.78 Å². The summed E-state index contributed by atoms with van der Waals surface area (Å²) in [5.74, 6) is 0.416. The number of Topliss-reactive ketones (excluding diaryl/α,β-unsaturated/α-hetero) is 1. The Kier molecular flexibility index (Phi) is 2.56. The molecule has 2 aromatic rings. The number of aryl methyl sites for hydroxylation is 1. The number of aromatic nitrogens is 1. The van der Waals surface area contributed by atoms with Crippen LogP contribution in [0.1, 0.15) is 25.8 Å². The Morgan fingerprint density at radius 1 is 1.41 bits per heavy atom. The van der Waals surface area contributed by atoms with Gasteiger partial charge in [-0.3, -0.25) is 4.79 Å². The smallest absolute Gasteiger partial charge is 0.166 e. The Morgan fingerprint density at radius 3 is 2.94 bits per heavy atom. The number of rotatable bonds is 2. The Bertz CT molecular complexity index is 573. The zero-order chi connectivity index (χ0) is 11.8. The van der Waals surface area contributed by atoms with E-state index < -0.39 is 0 Å². The second-order valence-corrected chi connectivity index (χ2v) is 5.79. The first-order chi connectivity index (χ1) is 8.24. The van der Waals surface area contributed by atoms with Crippen molar-refractivity contribution in [2.24, 2.45) is 5.92 Å². The minimum atomic E-state index is 0.118. The first-order valence-corrected chi connectivity index (χ1v) is 6.59. The average Bonchev–Trinajstić information content (AvgIpc) is 2.86. The molecule has 1 unspecified atom stereocenters. The van der Waals surface area contributed by atoms with E-state index in [2.05, 4.69) is 11.1 Å². The molecule has 1 aromatic heterocycles. The van der Waals surface area contributed by atoms with Gasteiger partial charge in [-0.2, -0.15) is 0 Å². The maximum Gasteiger partial charge on any atom is 0.166 e. The van der Waals surface area contributed by atoms with Crippen LogP contribution < -0.4 is 0 Å². The second kappa shape index (κ2) is 4.08. The van der Waals surface area contributed by atoms with Crippen LogP contribution in [0.2, 0.25) is 0 Å². The lowest BCUT2D eigenvalue weighted by Gasteiger charge is -2.04. The van der Waals surface area contributed by atoms with Gasteiger partial charge in [-0.05, 0) is 25.3 Å². The largest absolute Gasteiger partial charge is 0.294 e. The van der Waals surface area contributed by atoms with Crippen LogP contribution in [0.5, 0.6) is 0 Å². The highest BCUT2D eigenvalue weighted by Crippen LogP contribution is 2.30. The van der Waals surface area contributed by atoms with Gasteiger partial charge in [-0.25, -0.2) is 4.98 Å². The minimum absolute atomic E-state index is 0.118. The zero-order valence-electron chi connectivity index (χ0n) is 9.64. The summed E-state index contributed by atoms with van der Waals surface area (Å²) in [5.41, 5.74) is 2.11. The summed E-state index contributed by atoms with van der Waals surface area (Å²) in [6, 6.07) is 7.95. The van der Waals surface area contributed by atoms with Crippen LogP contribution in [0, 0.1) is 12.8 Å². The van der Waals surface area contributed by atoms with Gasteiger partial charge in [0.1, 0.15) is 0 Å². The van der Waals surface area contributed by atoms with Gasteiger partial charge in [0.05, 0.1) is 5.01 Å². The molecule has 0 fully saturated rings. The van der Waals surface area contributed by atoms with Gasteiger partial charge in [0.25, 0.3) is 0 Å². The van der Waals surface area contributed by atoms with Crippen molar-refractivity contribution in [3.63, 3.8) is 0 Å². The van der Waals surface area contributed by atoms with Gasteiger partial charge in [-0.15, -0.1) is 11.3 Å². The van der Waals surface area contributed by atoms with Crippen LogP contribution in [-0.2, 0) is 12.8 Å². The predicted octanol–water partition coefficient (Wildman–Crippen LogP) is 3.05. The highest BCUT2D eigenvalue weighted by Gasteiger charge is 2.30. The summed E-state index contributed by atoms with van der Waals surface area (Å²) in [6.07, 6.45) is 3.61. The number of hydrogen-bond acceptors (Lipinski definition) is 3. The van der Waals surface area contributed by atoms with E-state index in [4.69, 9.17) is 0 Å². The van der Waals surface area contributed by atoms with Crippen molar-refractivity contribution < 1.29 is 4.79 Å². The fourth-order valence-electron chi connectivity index (χ4n) is 2.42. The molecular weight excluding hydrogens is 230 g/mol. The third-order valence-corrected chi connectivity index (χ3v) is 4.17. The molecular formula is C14H13NOS. The van der Waals surface area contributed by atoms with Crippen molar-refractivity contribution in [1.82, 2.24) is 4.98 Å². The van der Waals surface area contributed by atoms with Gasteiger partial charge < -0.3 is 0 Å². The Hall–Kier alpha value is -1.48. The van der Waals surface area contributed by atoms with Crippen molar-refractivity contribution in [1.29, 1.82) is 0 Å². The molecule has 2 nitrogen and oxygen atoms in total. The average molecular weight is 243 g/mol. The van der Waals surface area contributed by atoms with Crippen molar-refractivity contribution in [2.75, 3.05) is 0 Å². The van der Waals surface area contributed by atoms with E-state index in [-0.39, 0.29) is 5.92 Å². The molecule has 1 aromatic carbocycles. The summed E-state index contributed by atoms with van der Waals surface area (Å²) >= 11 is 1.69. The Labute approximate surface area is 104 Å². The normalized spacial score (nSPS) is 18.4. The lowest BCUT2D eigenvalue weighted by Crippen LogP contribution is -2.11. The van der Waals surface area contributed by atoms with Gasteiger partial charge in [0, 0.05) is 22.6 Å². The van der Waals surface area contributed by atoms with Crippen LogP contribution in [-0.4, -0.2) is 10.8 Å². The van der Waals surface area contributed by atoms with E-state index in [1.165, 1.54) is 10.4 Å². The topological polar surface area (TPSA) is 30.0 Å². The maximum atomic E-state index is 12.2. The number of benzene rings is 1. The Morgan fingerprint density at radius 2 is 2.24 bits per heavy atom. The van der Waals surface area contributed by atoms with E-state index in [0.717, 1.165) is 23.4 Å². The van der Waals surface area contributed by atoms with E-state index in [9.17, 15) is 4.79 Å². The molecule has 1 atom stereocenters. The molecule has 1 aliphatic rings. The fraction of sp³-hybridized carbons (Fsp3) is 0.286. The summed E-state index contributed by atoms with van der Waals surface area (Å²) < 4.78 is 0. The van der Waals surface area contributed by atoms with E-state index >= 15 is 0 Å². The molecule has 3 rings (SSSR count). The van der Waals surface area contributed by atoms with Crippen molar-refractivity contribution in [2.45, 2.75) is 19.8 Å². The third kappa shape index (κ3) is 1.91. The van der Waals surface area contributed by atoms with Crippen LogP contribution in [0.15, 0.2) is 30.5 Å². The SMILES string of the molecule is Cc1ncc(CC2Cc3ccccc3C2=O)s1. The lowest BCUT2D eigenvalue weighted by molar-refractivity contribution is 0.0936. The van der Waals surface area contributed by atoms with Crippen LogP contribution in [0.3, 0.4) is 0 Å². The van der Waals surface area contributed by atoms with Crippen LogP contribution in [0.4, 0.5) is 0 Å². The molecule has 0 aliphatic heterocycles. The van der Waals surface area contributed by atoms with Crippen molar-refractivity contribution in [3.05, 3.63) is 51.5 Å². The van der Waals surface area contributed by atoms with Gasteiger partial charge >= 0.3 is 0 Å². The monoisotopic (exact) mass is 243 g/mol. The summed E-state index contributed by atoms with van der Waals surface area (Å²) in [4.78, 5) is 17.6. The highest BCUT2D eigenvalue weighted by atomic mass is 32.1. The molecule has 86 valence electrons.